The Morgan fingerprint density at radius 3 is 2.20 bits per heavy atom. The van der Waals surface area contributed by atoms with Gasteiger partial charge < -0.3 is 9.64 Å². The topological polar surface area (TPSA) is 29.5 Å². The van der Waals surface area contributed by atoms with E-state index in [1.165, 1.54) is 24.3 Å². The van der Waals surface area contributed by atoms with Crippen LogP contribution in [-0.4, -0.2) is 23.5 Å². The maximum Gasteiger partial charge on any atom is 0.387 e. The molecule has 0 bridgehead atoms. The number of carbonyl (C=O) groups excluding carboxylic acids is 1. The van der Waals surface area contributed by atoms with E-state index in [4.69, 9.17) is 0 Å². The zero-order valence-electron chi connectivity index (χ0n) is 13.5. The van der Waals surface area contributed by atoms with Crippen LogP contribution in [0, 0.1) is 5.82 Å². The van der Waals surface area contributed by atoms with Gasteiger partial charge in [-0.3, -0.25) is 4.79 Å². The zero-order valence-corrected chi connectivity index (χ0v) is 13.5. The van der Waals surface area contributed by atoms with Crippen LogP contribution in [0.4, 0.5) is 13.2 Å². The Labute approximate surface area is 144 Å². The number of carbonyl (C=O) groups is 1. The third-order valence-electron chi connectivity index (χ3n) is 4.08. The van der Waals surface area contributed by atoms with E-state index in [2.05, 4.69) is 4.74 Å². The number of ether oxygens (including phenoxy) is 1. The summed E-state index contributed by atoms with van der Waals surface area (Å²) < 4.78 is 41.6. The molecule has 6 heteroatoms. The van der Waals surface area contributed by atoms with Crippen LogP contribution in [0.15, 0.2) is 48.5 Å². The molecule has 0 aliphatic heterocycles. The molecule has 25 heavy (non-hydrogen) atoms. The van der Waals surface area contributed by atoms with E-state index in [1.807, 2.05) is 0 Å². The van der Waals surface area contributed by atoms with Crippen molar-refractivity contribution in [3.63, 3.8) is 0 Å². The summed E-state index contributed by atoms with van der Waals surface area (Å²) in [5.41, 5.74) is 1.61. The van der Waals surface area contributed by atoms with Crippen molar-refractivity contribution >= 4 is 5.91 Å². The second-order valence-electron chi connectivity index (χ2n) is 6.08. The number of hydrogen-bond acceptors (Lipinski definition) is 2. The van der Waals surface area contributed by atoms with Crippen molar-refractivity contribution in [2.75, 3.05) is 0 Å². The lowest BCUT2D eigenvalue weighted by Gasteiger charge is -2.23. The monoisotopic (exact) mass is 349 g/mol. The van der Waals surface area contributed by atoms with E-state index >= 15 is 0 Å². The molecule has 0 N–H and O–H groups in total. The van der Waals surface area contributed by atoms with Crippen molar-refractivity contribution in [2.45, 2.75) is 38.5 Å². The molecule has 1 fully saturated rings. The lowest BCUT2D eigenvalue weighted by atomic mass is 10.1. The van der Waals surface area contributed by atoms with Gasteiger partial charge in [-0.1, -0.05) is 24.3 Å². The van der Waals surface area contributed by atoms with E-state index in [1.54, 1.807) is 29.2 Å². The van der Waals surface area contributed by atoms with Gasteiger partial charge in [-0.05, 0) is 48.2 Å². The zero-order chi connectivity index (χ0) is 17.8. The lowest BCUT2D eigenvalue weighted by Crippen LogP contribution is -2.33. The van der Waals surface area contributed by atoms with Gasteiger partial charge in [0.05, 0.1) is 6.42 Å². The molecule has 0 unspecified atom stereocenters. The highest BCUT2D eigenvalue weighted by atomic mass is 19.3. The van der Waals surface area contributed by atoms with Crippen molar-refractivity contribution in [1.82, 2.24) is 4.90 Å². The molecule has 3 rings (SSSR count). The molecule has 3 nitrogen and oxygen atoms in total. The van der Waals surface area contributed by atoms with Crippen LogP contribution in [0.1, 0.15) is 24.0 Å². The molecule has 0 spiro atoms. The predicted octanol–water partition coefficient (Wildman–Crippen LogP) is 4.16. The molecular formula is C19H18F3NO2. The third-order valence-corrected chi connectivity index (χ3v) is 4.08. The molecule has 1 amide bonds. The molecule has 1 aliphatic carbocycles. The van der Waals surface area contributed by atoms with Crippen molar-refractivity contribution in [1.29, 1.82) is 0 Å². The normalized spacial score (nSPS) is 13.8. The standard InChI is InChI=1S/C19H18F3NO2/c20-15-5-1-14(2-6-15)12-23(16-7-8-16)18(24)11-13-3-9-17(10-4-13)25-19(21)22/h1-6,9-10,16,19H,7-8,11-12H2. The Balaban J connectivity index is 1.63. The molecule has 0 aromatic heterocycles. The smallest absolute Gasteiger partial charge is 0.387 e. The molecule has 0 atom stereocenters. The summed E-state index contributed by atoms with van der Waals surface area (Å²) in [5, 5.41) is 0. The first kappa shape index (κ1) is 17.3. The number of benzene rings is 2. The Hall–Kier alpha value is -2.50. The molecule has 1 saturated carbocycles. The Morgan fingerprint density at radius 2 is 1.64 bits per heavy atom. The van der Waals surface area contributed by atoms with Crippen LogP contribution in [0.3, 0.4) is 0 Å². The van der Waals surface area contributed by atoms with Crippen molar-refractivity contribution in [2.24, 2.45) is 0 Å². The van der Waals surface area contributed by atoms with Gasteiger partial charge in [0.1, 0.15) is 11.6 Å². The second-order valence-corrected chi connectivity index (χ2v) is 6.08. The summed E-state index contributed by atoms with van der Waals surface area (Å²) in [7, 11) is 0. The first-order chi connectivity index (χ1) is 12.0. The summed E-state index contributed by atoms with van der Waals surface area (Å²) in [6, 6.07) is 12.4. The molecule has 0 heterocycles. The van der Waals surface area contributed by atoms with Crippen LogP contribution in [-0.2, 0) is 17.8 Å². The van der Waals surface area contributed by atoms with Crippen LogP contribution >= 0.6 is 0 Å². The van der Waals surface area contributed by atoms with Gasteiger partial charge in [0, 0.05) is 12.6 Å². The van der Waals surface area contributed by atoms with E-state index < -0.39 is 6.61 Å². The quantitative estimate of drug-likeness (QED) is 0.751. The van der Waals surface area contributed by atoms with Crippen LogP contribution in [0.25, 0.3) is 0 Å². The molecule has 0 saturated heterocycles. The lowest BCUT2D eigenvalue weighted by molar-refractivity contribution is -0.131. The predicted molar refractivity (Wildman–Crippen MR) is 86.8 cm³/mol. The number of amides is 1. The third kappa shape index (κ3) is 4.98. The average molecular weight is 349 g/mol. The Bertz CT molecular complexity index is 712. The Morgan fingerprint density at radius 1 is 1.04 bits per heavy atom. The first-order valence-corrected chi connectivity index (χ1v) is 8.09. The van der Waals surface area contributed by atoms with Gasteiger partial charge in [-0.25, -0.2) is 4.39 Å². The molecule has 0 radical (unpaired) electrons. The van der Waals surface area contributed by atoms with Gasteiger partial charge in [-0.15, -0.1) is 0 Å². The van der Waals surface area contributed by atoms with Crippen molar-refractivity contribution in [3.05, 3.63) is 65.5 Å². The summed E-state index contributed by atoms with van der Waals surface area (Å²) >= 11 is 0. The van der Waals surface area contributed by atoms with Gasteiger partial charge in [0.2, 0.25) is 5.91 Å². The molecule has 1 aliphatic rings. The largest absolute Gasteiger partial charge is 0.435 e. The minimum atomic E-state index is -2.87. The summed E-state index contributed by atoms with van der Waals surface area (Å²) in [6.07, 6.45) is 2.12. The van der Waals surface area contributed by atoms with Crippen molar-refractivity contribution < 1.29 is 22.7 Å². The highest BCUT2D eigenvalue weighted by molar-refractivity contribution is 5.79. The van der Waals surface area contributed by atoms with Crippen LogP contribution < -0.4 is 4.74 Å². The fourth-order valence-electron chi connectivity index (χ4n) is 2.66. The minimum absolute atomic E-state index is 0.0330. The number of rotatable bonds is 7. The van der Waals surface area contributed by atoms with Gasteiger partial charge in [0.15, 0.2) is 0 Å². The fraction of sp³-hybridized carbons (Fsp3) is 0.316. The maximum absolute atomic E-state index is 13.0. The second kappa shape index (κ2) is 7.59. The van der Waals surface area contributed by atoms with Gasteiger partial charge in [-0.2, -0.15) is 8.78 Å². The number of halogens is 3. The summed E-state index contributed by atoms with van der Waals surface area (Å²) in [5.74, 6) is -0.273. The van der Waals surface area contributed by atoms with Crippen LogP contribution in [0.2, 0.25) is 0 Å². The summed E-state index contributed by atoms with van der Waals surface area (Å²) in [6.45, 7) is -2.43. The summed E-state index contributed by atoms with van der Waals surface area (Å²) in [4.78, 5) is 14.4. The highest BCUT2D eigenvalue weighted by Crippen LogP contribution is 2.29. The highest BCUT2D eigenvalue weighted by Gasteiger charge is 2.32. The van der Waals surface area contributed by atoms with Gasteiger partial charge >= 0.3 is 6.61 Å². The fourth-order valence-corrected chi connectivity index (χ4v) is 2.66. The number of nitrogens with zero attached hydrogens (tertiary/aromatic N) is 1. The van der Waals surface area contributed by atoms with E-state index in [0.717, 1.165) is 24.0 Å². The molecule has 2 aromatic rings. The maximum atomic E-state index is 13.0. The molecular weight excluding hydrogens is 331 g/mol. The average Bonchev–Trinajstić information content (AvgIpc) is 3.40. The first-order valence-electron chi connectivity index (χ1n) is 8.09. The van der Waals surface area contributed by atoms with E-state index in [0.29, 0.717) is 6.54 Å². The molecule has 132 valence electrons. The van der Waals surface area contributed by atoms with E-state index in [9.17, 15) is 18.0 Å². The van der Waals surface area contributed by atoms with Crippen LogP contribution in [0.5, 0.6) is 5.75 Å². The van der Waals surface area contributed by atoms with Gasteiger partial charge in [0.25, 0.3) is 0 Å². The molecule has 2 aromatic carbocycles. The number of alkyl halides is 2. The minimum Gasteiger partial charge on any atom is -0.435 e. The SMILES string of the molecule is O=C(Cc1ccc(OC(F)F)cc1)N(Cc1ccc(F)cc1)C1CC1. The van der Waals surface area contributed by atoms with Crippen molar-refractivity contribution in [3.8, 4) is 5.75 Å². The van der Waals surface area contributed by atoms with E-state index in [-0.39, 0.29) is 29.9 Å². The number of hydrogen-bond donors (Lipinski definition) is 0. The Kier molecular flexibility index (Phi) is 5.26.